The van der Waals surface area contributed by atoms with E-state index in [2.05, 4.69) is 5.32 Å². The summed E-state index contributed by atoms with van der Waals surface area (Å²) in [7, 11) is 0. The number of rotatable bonds is 0. The summed E-state index contributed by atoms with van der Waals surface area (Å²) in [6, 6.07) is 0.770. The molecule has 1 aliphatic heterocycles. The number of thiocarbonyl (C=S) groups is 1. The maximum absolute atomic E-state index is 5.07. The van der Waals surface area contributed by atoms with Crippen molar-refractivity contribution < 1.29 is 0 Å². The smallest absolute Gasteiger partial charge is 0.0807 e. The first kappa shape index (κ1) is 5.66. The Kier molecular flexibility index (Phi) is 1.22. The molecule has 1 N–H and O–H groups in total. The number of fused-ring (bicyclic) bond motifs is 1. The second-order valence-electron chi connectivity index (χ2n) is 3.01. The van der Waals surface area contributed by atoms with Crippen LogP contribution >= 0.6 is 12.2 Å². The van der Waals surface area contributed by atoms with Gasteiger partial charge in [-0.25, -0.2) is 0 Å². The van der Waals surface area contributed by atoms with Crippen LogP contribution in [0.5, 0.6) is 0 Å². The van der Waals surface area contributed by atoms with Gasteiger partial charge in [-0.3, -0.25) is 0 Å². The molecule has 0 aromatic heterocycles. The Balaban J connectivity index is 2.01. The van der Waals surface area contributed by atoms with E-state index in [0.717, 1.165) is 16.9 Å². The van der Waals surface area contributed by atoms with Crippen LogP contribution in [0.15, 0.2) is 0 Å². The second-order valence-corrected chi connectivity index (χ2v) is 3.45. The number of hydrogen-bond acceptors (Lipinski definition) is 1. The molecule has 2 atom stereocenters. The lowest BCUT2D eigenvalue weighted by molar-refractivity contribution is 0.301. The van der Waals surface area contributed by atoms with E-state index in [9.17, 15) is 0 Å². The van der Waals surface area contributed by atoms with Gasteiger partial charge in [0.05, 0.1) is 4.99 Å². The summed E-state index contributed by atoms with van der Waals surface area (Å²) >= 11 is 5.07. The SMILES string of the molecule is S=C1N[C@@H]2CCCC[C@H]12. The van der Waals surface area contributed by atoms with E-state index in [1.54, 1.807) is 0 Å². The van der Waals surface area contributed by atoms with Crippen LogP contribution in [-0.4, -0.2) is 11.0 Å². The average molecular weight is 141 g/mol. The molecule has 0 radical (unpaired) electrons. The minimum atomic E-state index is 0.770. The quantitative estimate of drug-likeness (QED) is 0.513. The lowest BCUT2D eigenvalue weighted by Gasteiger charge is -2.42. The summed E-state index contributed by atoms with van der Waals surface area (Å²) in [5.74, 6) is 0.772. The fourth-order valence-corrected chi connectivity index (χ4v) is 2.24. The summed E-state index contributed by atoms with van der Waals surface area (Å²) in [4.78, 5) is 1.12. The van der Waals surface area contributed by atoms with Gasteiger partial charge in [-0.15, -0.1) is 0 Å². The third-order valence-corrected chi connectivity index (χ3v) is 2.85. The van der Waals surface area contributed by atoms with E-state index in [-0.39, 0.29) is 0 Å². The fraction of sp³-hybridized carbons (Fsp3) is 0.857. The molecule has 2 rings (SSSR count). The fourth-order valence-electron chi connectivity index (χ4n) is 1.81. The first-order valence-corrected chi connectivity index (χ1v) is 4.09. The topological polar surface area (TPSA) is 12.0 Å². The summed E-state index contributed by atoms with van der Waals surface area (Å²) in [5.41, 5.74) is 0. The van der Waals surface area contributed by atoms with Crippen LogP contribution in [0.3, 0.4) is 0 Å². The normalized spacial score (nSPS) is 40.7. The van der Waals surface area contributed by atoms with E-state index in [4.69, 9.17) is 12.2 Å². The first-order chi connectivity index (χ1) is 4.38. The Morgan fingerprint density at radius 3 is 2.67 bits per heavy atom. The van der Waals surface area contributed by atoms with E-state index in [0.29, 0.717) is 0 Å². The van der Waals surface area contributed by atoms with Crippen LogP contribution in [0.1, 0.15) is 25.7 Å². The molecule has 1 saturated carbocycles. The predicted molar refractivity (Wildman–Crippen MR) is 41.5 cm³/mol. The van der Waals surface area contributed by atoms with Gasteiger partial charge in [0.25, 0.3) is 0 Å². The molecular weight excluding hydrogens is 130 g/mol. The van der Waals surface area contributed by atoms with Crippen LogP contribution < -0.4 is 5.32 Å². The van der Waals surface area contributed by atoms with Crippen LogP contribution in [0.4, 0.5) is 0 Å². The van der Waals surface area contributed by atoms with Crippen molar-refractivity contribution in [2.75, 3.05) is 0 Å². The zero-order valence-electron chi connectivity index (χ0n) is 5.39. The van der Waals surface area contributed by atoms with Gasteiger partial charge in [-0.05, 0) is 12.8 Å². The molecule has 1 saturated heterocycles. The molecule has 0 amide bonds. The largest absolute Gasteiger partial charge is 0.376 e. The first-order valence-electron chi connectivity index (χ1n) is 3.68. The number of hydrogen-bond donors (Lipinski definition) is 1. The van der Waals surface area contributed by atoms with Gasteiger partial charge < -0.3 is 5.32 Å². The molecule has 0 spiro atoms. The third kappa shape index (κ3) is 0.767. The molecule has 0 aromatic rings. The van der Waals surface area contributed by atoms with Crippen molar-refractivity contribution in [3.05, 3.63) is 0 Å². The van der Waals surface area contributed by atoms with Gasteiger partial charge >= 0.3 is 0 Å². The van der Waals surface area contributed by atoms with Crippen LogP contribution in [0.2, 0.25) is 0 Å². The third-order valence-electron chi connectivity index (χ3n) is 2.43. The van der Waals surface area contributed by atoms with Gasteiger partial charge in [0.1, 0.15) is 0 Å². The molecule has 1 nitrogen and oxygen atoms in total. The maximum Gasteiger partial charge on any atom is 0.0807 e. The van der Waals surface area contributed by atoms with Crippen molar-refractivity contribution in [2.24, 2.45) is 5.92 Å². The van der Waals surface area contributed by atoms with Gasteiger partial charge in [-0.2, -0.15) is 0 Å². The molecule has 2 heteroatoms. The Labute approximate surface area is 60.8 Å². The molecular formula is C7H11NS. The van der Waals surface area contributed by atoms with Crippen molar-refractivity contribution >= 4 is 17.2 Å². The van der Waals surface area contributed by atoms with Gasteiger partial charge in [0.15, 0.2) is 0 Å². The molecule has 0 unspecified atom stereocenters. The van der Waals surface area contributed by atoms with E-state index in [1.165, 1.54) is 25.7 Å². The Morgan fingerprint density at radius 1 is 1.33 bits per heavy atom. The lowest BCUT2D eigenvalue weighted by Crippen LogP contribution is -2.58. The van der Waals surface area contributed by atoms with Gasteiger partial charge in [0, 0.05) is 12.0 Å². The molecule has 1 aliphatic carbocycles. The highest BCUT2D eigenvalue weighted by Crippen LogP contribution is 2.31. The standard InChI is InChI=1S/C7H11NS/c9-7-5-3-1-2-4-6(5)8-7/h5-6H,1-4H2,(H,8,9)/t5-,6+/m0/s1. The van der Waals surface area contributed by atoms with Gasteiger partial charge in [-0.1, -0.05) is 25.1 Å². The molecule has 0 bridgehead atoms. The van der Waals surface area contributed by atoms with Crippen molar-refractivity contribution in [3.63, 3.8) is 0 Å². The summed E-state index contributed by atoms with van der Waals surface area (Å²) in [5, 5.41) is 3.28. The van der Waals surface area contributed by atoms with Crippen molar-refractivity contribution in [3.8, 4) is 0 Å². The highest BCUT2D eigenvalue weighted by Gasteiger charge is 2.36. The van der Waals surface area contributed by atoms with E-state index < -0.39 is 0 Å². The second kappa shape index (κ2) is 1.94. The van der Waals surface area contributed by atoms with Gasteiger partial charge in [0.2, 0.25) is 0 Å². The predicted octanol–water partition coefficient (Wildman–Crippen LogP) is 1.48. The highest BCUT2D eigenvalue weighted by molar-refractivity contribution is 7.80. The Bertz CT molecular complexity index is 144. The Hall–Kier alpha value is -0.110. The molecule has 9 heavy (non-hydrogen) atoms. The maximum atomic E-state index is 5.07. The van der Waals surface area contributed by atoms with Crippen molar-refractivity contribution in [2.45, 2.75) is 31.7 Å². The van der Waals surface area contributed by atoms with Crippen molar-refractivity contribution in [1.82, 2.24) is 5.32 Å². The minimum Gasteiger partial charge on any atom is -0.376 e. The van der Waals surface area contributed by atoms with Crippen molar-refractivity contribution in [1.29, 1.82) is 0 Å². The number of nitrogens with one attached hydrogen (secondary N) is 1. The minimum absolute atomic E-state index is 0.770. The van der Waals surface area contributed by atoms with Crippen LogP contribution in [-0.2, 0) is 0 Å². The highest BCUT2D eigenvalue weighted by atomic mass is 32.1. The summed E-state index contributed by atoms with van der Waals surface area (Å²) < 4.78 is 0. The summed E-state index contributed by atoms with van der Waals surface area (Å²) in [6.45, 7) is 0. The lowest BCUT2D eigenvalue weighted by atomic mass is 9.79. The average Bonchev–Trinajstić information content (AvgIpc) is 1.86. The molecule has 2 fully saturated rings. The zero-order valence-corrected chi connectivity index (χ0v) is 6.21. The summed E-state index contributed by atoms with van der Waals surface area (Å²) in [6.07, 6.45) is 5.49. The molecule has 2 aliphatic rings. The molecule has 50 valence electrons. The van der Waals surface area contributed by atoms with Crippen LogP contribution in [0, 0.1) is 5.92 Å². The zero-order chi connectivity index (χ0) is 6.27. The Morgan fingerprint density at radius 2 is 2.11 bits per heavy atom. The van der Waals surface area contributed by atoms with E-state index >= 15 is 0 Å². The molecule has 1 heterocycles. The molecule has 0 aromatic carbocycles. The van der Waals surface area contributed by atoms with E-state index in [1.807, 2.05) is 0 Å². The van der Waals surface area contributed by atoms with Crippen LogP contribution in [0.25, 0.3) is 0 Å². The monoisotopic (exact) mass is 141 g/mol.